The Balaban J connectivity index is 2.80. The average molecular weight is 211 g/mol. The van der Waals surface area contributed by atoms with Crippen LogP contribution in [-0.2, 0) is 4.79 Å². The van der Waals surface area contributed by atoms with E-state index in [2.05, 4.69) is 0 Å². The normalized spacial score (nSPS) is 12.2. The minimum absolute atomic E-state index is 0.323. The third-order valence-electron chi connectivity index (χ3n) is 2.11. The molecule has 1 rings (SSSR count). The van der Waals surface area contributed by atoms with Crippen LogP contribution in [0.5, 0.6) is 5.75 Å². The maximum Gasteiger partial charge on any atom is 0.258 e. The van der Waals surface area contributed by atoms with Crippen molar-refractivity contribution in [1.29, 1.82) is 0 Å². The van der Waals surface area contributed by atoms with Crippen LogP contribution in [0, 0.1) is 12.7 Å². The Kier molecular flexibility index (Phi) is 3.66. The molecule has 1 aromatic rings. The van der Waals surface area contributed by atoms with Crippen molar-refractivity contribution in [2.75, 3.05) is 0 Å². The summed E-state index contributed by atoms with van der Waals surface area (Å²) in [6.45, 7) is 3.43. The lowest BCUT2D eigenvalue weighted by molar-refractivity contribution is -0.124. The lowest BCUT2D eigenvalue weighted by atomic mass is 10.2. The summed E-state index contributed by atoms with van der Waals surface area (Å²) in [6.07, 6.45) is -0.239. The molecule has 1 amide bonds. The number of hydrogen-bond acceptors (Lipinski definition) is 2. The number of hydrogen-bond donors (Lipinski definition) is 1. The molecular formula is C11H14FNO2. The fourth-order valence-electron chi connectivity index (χ4n) is 1.15. The summed E-state index contributed by atoms with van der Waals surface area (Å²) < 4.78 is 18.4. The SMILES string of the molecule is CCC(Oc1ccc(C)c(F)c1)C(N)=O. The lowest BCUT2D eigenvalue weighted by Crippen LogP contribution is -2.32. The number of benzene rings is 1. The van der Waals surface area contributed by atoms with Crippen LogP contribution in [0.4, 0.5) is 4.39 Å². The fourth-order valence-corrected chi connectivity index (χ4v) is 1.15. The average Bonchev–Trinajstić information content (AvgIpc) is 2.19. The first-order valence-corrected chi connectivity index (χ1v) is 4.76. The molecule has 1 atom stereocenters. The van der Waals surface area contributed by atoms with Gasteiger partial charge in [-0.15, -0.1) is 0 Å². The molecule has 4 heteroatoms. The van der Waals surface area contributed by atoms with Crippen molar-refractivity contribution in [2.45, 2.75) is 26.4 Å². The number of rotatable bonds is 4. The highest BCUT2D eigenvalue weighted by atomic mass is 19.1. The van der Waals surface area contributed by atoms with E-state index in [4.69, 9.17) is 10.5 Å². The maximum absolute atomic E-state index is 13.1. The number of nitrogens with two attached hydrogens (primary N) is 1. The number of primary amides is 1. The van der Waals surface area contributed by atoms with Crippen LogP contribution in [0.25, 0.3) is 0 Å². The lowest BCUT2D eigenvalue weighted by Gasteiger charge is -2.14. The van der Waals surface area contributed by atoms with Gasteiger partial charge < -0.3 is 10.5 Å². The highest BCUT2D eigenvalue weighted by Crippen LogP contribution is 2.17. The summed E-state index contributed by atoms with van der Waals surface area (Å²) in [5, 5.41) is 0. The molecule has 0 aliphatic carbocycles. The molecule has 0 saturated carbocycles. The Morgan fingerprint density at radius 3 is 2.73 bits per heavy atom. The van der Waals surface area contributed by atoms with Gasteiger partial charge in [-0.1, -0.05) is 13.0 Å². The molecule has 0 heterocycles. The summed E-state index contributed by atoms with van der Waals surface area (Å²) >= 11 is 0. The van der Waals surface area contributed by atoms with Crippen molar-refractivity contribution < 1.29 is 13.9 Å². The Morgan fingerprint density at radius 2 is 2.27 bits per heavy atom. The second-order valence-corrected chi connectivity index (χ2v) is 3.33. The second kappa shape index (κ2) is 4.77. The summed E-state index contributed by atoms with van der Waals surface area (Å²) in [7, 11) is 0. The molecule has 0 saturated heterocycles. The Hall–Kier alpha value is -1.58. The zero-order chi connectivity index (χ0) is 11.4. The van der Waals surface area contributed by atoms with E-state index in [0.717, 1.165) is 0 Å². The van der Waals surface area contributed by atoms with Crippen molar-refractivity contribution in [3.8, 4) is 5.75 Å². The number of amides is 1. The predicted molar refractivity (Wildman–Crippen MR) is 55.0 cm³/mol. The Labute approximate surface area is 88.0 Å². The minimum Gasteiger partial charge on any atom is -0.481 e. The fraction of sp³-hybridized carbons (Fsp3) is 0.364. The minimum atomic E-state index is -0.702. The highest BCUT2D eigenvalue weighted by molar-refractivity contribution is 5.79. The quantitative estimate of drug-likeness (QED) is 0.825. The molecule has 0 aromatic heterocycles. The van der Waals surface area contributed by atoms with Crippen LogP contribution in [0.1, 0.15) is 18.9 Å². The van der Waals surface area contributed by atoms with Crippen LogP contribution in [-0.4, -0.2) is 12.0 Å². The van der Waals surface area contributed by atoms with E-state index in [0.29, 0.717) is 17.7 Å². The first-order chi connectivity index (χ1) is 7.04. The number of carbonyl (C=O) groups excluding carboxylic acids is 1. The molecule has 1 unspecified atom stereocenters. The highest BCUT2D eigenvalue weighted by Gasteiger charge is 2.14. The molecule has 1 aromatic carbocycles. The van der Waals surface area contributed by atoms with Gasteiger partial charge in [0.25, 0.3) is 5.91 Å². The molecule has 0 radical (unpaired) electrons. The van der Waals surface area contributed by atoms with Gasteiger partial charge in [-0.25, -0.2) is 4.39 Å². The Bertz CT molecular complexity index is 366. The first-order valence-electron chi connectivity index (χ1n) is 4.76. The smallest absolute Gasteiger partial charge is 0.258 e. The summed E-state index contributed by atoms with van der Waals surface area (Å²) in [5.41, 5.74) is 5.64. The number of ether oxygens (including phenoxy) is 1. The molecule has 0 spiro atoms. The predicted octanol–water partition coefficient (Wildman–Crippen LogP) is 1.78. The number of carbonyl (C=O) groups is 1. The number of aryl methyl sites for hydroxylation is 1. The van der Waals surface area contributed by atoms with E-state index in [1.807, 2.05) is 0 Å². The largest absolute Gasteiger partial charge is 0.481 e. The van der Waals surface area contributed by atoms with Crippen molar-refractivity contribution in [2.24, 2.45) is 5.73 Å². The first kappa shape index (κ1) is 11.5. The summed E-state index contributed by atoms with van der Waals surface area (Å²) in [5.74, 6) is -0.575. The molecule has 82 valence electrons. The monoisotopic (exact) mass is 211 g/mol. The van der Waals surface area contributed by atoms with Crippen LogP contribution in [0.3, 0.4) is 0 Å². The molecule has 0 aliphatic heterocycles. The van der Waals surface area contributed by atoms with E-state index < -0.39 is 12.0 Å². The van der Waals surface area contributed by atoms with Gasteiger partial charge in [-0.3, -0.25) is 4.79 Å². The third-order valence-corrected chi connectivity index (χ3v) is 2.11. The van der Waals surface area contributed by atoms with Gasteiger partial charge in [0, 0.05) is 6.07 Å². The summed E-state index contributed by atoms with van der Waals surface area (Å²) in [4.78, 5) is 10.9. The summed E-state index contributed by atoms with van der Waals surface area (Å²) in [6, 6.07) is 4.46. The molecular weight excluding hydrogens is 197 g/mol. The van der Waals surface area contributed by atoms with Gasteiger partial charge in [-0.05, 0) is 25.0 Å². The molecule has 0 fully saturated rings. The zero-order valence-corrected chi connectivity index (χ0v) is 8.79. The van der Waals surface area contributed by atoms with Crippen LogP contribution < -0.4 is 10.5 Å². The van der Waals surface area contributed by atoms with E-state index in [9.17, 15) is 9.18 Å². The van der Waals surface area contributed by atoms with Crippen molar-refractivity contribution in [3.63, 3.8) is 0 Å². The van der Waals surface area contributed by atoms with Gasteiger partial charge in [-0.2, -0.15) is 0 Å². The number of halogens is 1. The van der Waals surface area contributed by atoms with Crippen LogP contribution in [0.15, 0.2) is 18.2 Å². The van der Waals surface area contributed by atoms with Crippen molar-refractivity contribution >= 4 is 5.91 Å². The van der Waals surface area contributed by atoms with E-state index in [1.165, 1.54) is 6.07 Å². The van der Waals surface area contributed by atoms with Gasteiger partial charge in [0.15, 0.2) is 6.10 Å². The van der Waals surface area contributed by atoms with Crippen molar-refractivity contribution in [1.82, 2.24) is 0 Å². The topological polar surface area (TPSA) is 52.3 Å². The standard InChI is InChI=1S/C11H14FNO2/c1-3-10(11(13)14)15-8-5-4-7(2)9(12)6-8/h4-6,10H,3H2,1-2H3,(H2,13,14). The van der Waals surface area contributed by atoms with Gasteiger partial charge in [0.2, 0.25) is 0 Å². The third kappa shape index (κ3) is 2.94. The van der Waals surface area contributed by atoms with E-state index in [1.54, 1.807) is 26.0 Å². The maximum atomic E-state index is 13.1. The molecule has 3 nitrogen and oxygen atoms in total. The molecule has 2 N–H and O–H groups in total. The van der Waals surface area contributed by atoms with Gasteiger partial charge in [0.05, 0.1) is 0 Å². The molecule has 0 aliphatic rings. The molecule has 15 heavy (non-hydrogen) atoms. The second-order valence-electron chi connectivity index (χ2n) is 3.33. The molecule has 0 bridgehead atoms. The zero-order valence-electron chi connectivity index (χ0n) is 8.79. The Morgan fingerprint density at radius 1 is 1.60 bits per heavy atom. The van der Waals surface area contributed by atoms with Crippen LogP contribution >= 0.6 is 0 Å². The van der Waals surface area contributed by atoms with Crippen LogP contribution in [0.2, 0.25) is 0 Å². The van der Waals surface area contributed by atoms with Gasteiger partial charge in [0.1, 0.15) is 11.6 Å². The van der Waals surface area contributed by atoms with E-state index >= 15 is 0 Å². The van der Waals surface area contributed by atoms with E-state index in [-0.39, 0.29) is 5.82 Å². The van der Waals surface area contributed by atoms with Gasteiger partial charge >= 0.3 is 0 Å². The van der Waals surface area contributed by atoms with Crippen molar-refractivity contribution in [3.05, 3.63) is 29.6 Å².